The number of rotatable bonds is 3. The summed E-state index contributed by atoms with van der Waals surface area (Å²) in [5.74, 6) is 0. The van der Waals surface area contributed by atoms with Gasteiger partial charge in [0.2, 0.25) is 5.70 Å². The third-order valence-electron chi connectivity index (χ3n) is 3.78. The summed E-state index contributed by atoms with van der Waals surface area (Å²) in [7, 11) is 0. The van der Waals surface area contributed by atoms with Gasteiger partial charge in [-0.25, -0.2) is 4.79 Å². The van der Waals surface area contributed by atoms with Crippen molar-refractivity contribution < 1.29 is 14.5 Å². The molecule has 0 aromatic carbocycles. The molecule has 1 aliphatic carbocycles. The van der Waals surface area contributed by atoms with Crippen LogP contribution >= 0.6 is 0 Å². The number of nitro groups is 1. The molecule has 132 valence electrons. The summed E-state index contributed by atoms with van der Waals surface area (Å²) >= 11 is 0. The van der Waals surface area contributed by atoms with E-state index in [1.807, 2.05) is 32.9 Å². The van der Waals surface area contributed by atoms with Crippen molar-refractivity contribution in [3.05, 3.63) is 45.8 Å². The lowest BCUT2D eigenvalue weighted by Crippen LogP contribution is -2.38. The summed E-state index contributed by atoms with van der Waals surface area (Å²) in [6.45, 7) is 6.78. The minimum Gasteiger partial charge on any atom is -0.444 e. The first-order valence-corrected chi connectivity index (χ1v) is 8.18. The minimum atomic E-state index is -0.499. The highest BCUT2D eigenvalue weighted by molar-refractivity contribution is 5.68. The third kappa shape index (κ3) is 5.40. The maximum atomic E-state index is 12.1. The molecule has 0 saturated carbocycles. The van der Waals surface area contributed by atoms with Crippen LogP contribution in [0.5, 0.6) is 0 Å². The second-order valence-electron chi connectivity index (χ2n) is 7.04. The Labute approximate surface area is 142 Å². The lowest BCUT2D eigenvalue weighted by Gasteiger charge is -2.24. The summed E-state index contributed by atoms with van der Waals surface area (Å²) < 4.78 is 5.39. The van der Waals surface area contributed by atoms with Gasteiger partial charge in [0.25, 0.3) is 0 Å². The van der Waals surface area contributed by atoms with Crippen molar-refractivity contribution in [2.75, 3.05) is 13.1 Å². The van der Waals surface area contributed by atoms with Crippen molar-refractivity contribution in [1.29, 1.82) is 0 Å². The first-order chi connectivity index (χ1) is 11.2. The normalized spacial score (nSPS) is 25.8. The van der Waals surface area contributed by atoms with Crippen LogP contribution in [0.25, 0.3) is 0 Å². The van der Waals surface area contributed by atoms with Gasteiger partial charge in [-0.3, -0.25) is 10.1 Å². The van der Waals surface area contributed by atoms with E-state index in [1.54, 1.807) is 11.0 Å². The zero-order valence-electron chi connectivity index (χ0n) is 14.4. The number of hydrogen-bond acceptors (Lipinski definition) is 5. The number of nitrogens with zero attached hydrogens (tertiary/aromatic N) is 2. The van der Waals surface area contributed by atoms with Crippen LogP contribution in [-0.2, 0) is 4.74 Å². The number of amides is 1. The second kappa shape index (κ2) is 7.51. The van der Waals surface area contributed by atoms with Crippen molar-refractivity contribution in [3.8, 4) is 0 Å². The Hall–Kier alpha value is -2.31. The molecular formula is C17H25N3O4. The Bertz CT molecular complexity index is 587. The van der Waals surface area contributed by atoms with E-state index in [0.717, 1.165) is 12.1 Å². The van der Waals surface area contributed by atoms with Crippen LogP contribution in [0, 0.1) is 10.1 Å². The molecule has 24 heavy (non-hydrogen) atoms. The van der Waals surface area contributed by atoms with Gasteiger partial charge < -0.3 is 15.0 Å². The molecular weight excluding hydrogens is 310 g/mol. The van der Waals surface area contributed by atoms with Crippen LogP contribution in [0.1, 0.15) is 40.0 Å². The molecule has 1 unspecified atom stereocenters. The van der Waals surface area contributed by atoms with E-state index in [-0.39, 0.29) is 22.8 Å². The van der Waals surface area contributed by atoms with Gasteiger partial charge in [0.1, 0.15) is 5.60 Å². The van der Waals surface area contributed by atoms with Crippen LogP contribution in [0.15, 0.2) is 35.7 Å². The Morgan fingerprint density at radius 3 is 2.83 bits per heavy atom. The van der Waals surface area contributed by atoms with Crippen molar-refractivity contribution in [2.24, 2.45) is 0 Å². The van der Waals surface area contributed by atoms with E-state index < -0.39 is 5.60 Å². The number of likely N-dealkylation sites (tertiary alicyclic amines) is 1. The van der Waals surface area contributed by atoms with E-state index >= 15 is 0 Å². The lowest BCUT2D eigenvalue weighted by molar-refractivity contribution is -0.426. The summed E-state index contributed by atoms with van der Waals surface area (Å²) in [6.07, 6.45) is 8.53. The predicted molar refractivity (Wildman–Crippen MR) is 90.9 cm³/mol. The predicted octanol–water partition coefficient (Wildman–Crippen LogP) is 2.98. The summed E-state index contributed by atoms with van der Waals surface area (Å²) in [5, 5.41) is 14.3. The quantitative estimate of drug-likeness (QED) is 0.633. The zero-order chi connectivity index (χ0) is 17.7. The maximum Gasteiger partial charge on any atom is 0.410 e. The standard InChI is InChI=1S/C17H25N3O4/c1-17(2,3)24-16(21)19-11-10-14(12-19)18-13-6-4-5-7-15(9-8-13)20(22)23/h4-5,7-8,14,18H,6,9-12H2,1-3H3/b5-4?,13-8+,15-7+. The number of allylic oxidation sites excluding steroid dienone is 4. The highest BCUT2D eigenvalue weighted by Crippen LogP contribution is 2.18. The van der Waals surface area contributed by atoms with Gasteiger partial charge in [-0.15, -0.1) is 0 Å². The number of ether oxygens (including phenoxy) is 1. The maximum absolute atomic E-state index is 12.1. The molecule has 1 fully saturated rings. The Morgan fingerprint density at radius 2 is 2.17 bits per heavy atom. The molecule has 1 saturated heterocycles. The molecule has 0 spiro atoms. The average Bonchev–Trinajstić information content (AvgIpc) is 2.88. The van der Waals surface area contributed by atoms with Crippen molar-refractivity contribution in [2.45, 2.75) is 51.7 Å². The average molecular weight is 335 g/mol. The molecule has 0 bridgehead atoms. The van der Waals surface area contributed by atoms with Crippen molar-refractivity contribution in [1.82, 2.24) is 10.2 Å². The minimum absolute atomic E-state index is 0.139. The van der Waals surface area contributed by atoms with E-state index in [2.05, 4.69) is 5.32 Å². The number of carbonyl (C=O) groups is 1. The fourth-order valence-corrected chi connectivity index (χ4v) is 2.64. The first kappa shape index (κ1) is 18.0. The van der Waals surface area contributed by atoms with Crippen LogP contribution in [0.2, 0.25) is 0 Å². The number of hydrogen-bond donors (Lipinski definition) is 1. The third-order valence-corrected chi connectivity index (χ3v) is 3.78. The van der Waals surface area contributed by atoms with E-state index in [4.69, 9.17) is 4.74 Å². The van der Waals surface area contributed by atoms with Gasteiger partial charge in [0, 0.05) is 37.3 Å². The van der Waals surface area contributed by atoms with Gasteiger partial charge in [0.15, 0.2) is 0 Å². The fraction of sp³-hybridized carbons (Fsp3) is 0.588. The Kier molecular flexibility index (Phi) is 5.64. The highest BCUT2D eigenvalue weighted by Gasteiger charge is 2.29. The van der Waals surface area contributed by atoms with Gasteiger partial charge in [-0.1, -0.05) is 18.2 Å². The van der Waals surface area contributed by atoms with E-state index in [1.165, 1.54) is 6.08 Å². The summed E-state index contributed by atoms with van der Waals surface area (Å²) in [6, 6.07) is 0.139. The largest absolute Gasteiger partial charge is 0.444 e. The fourth-order valence-electron chi connectivity index (χ4n) is 2.64. The summed E-state index contributed by atoms with van der Waals surface area (Å²) in [5.41, 5.74) is 0.627. The second-order valence-corrected chi connectivity index (χ2v) is 7.04. The van der Waals surface area contributed by atoms with E-state index in [0.29, 0.717) is 25.9 Å². The lowest BCUT2D eigenvalue weighted by atomic mass is 10.1. The molecule has 1 aliphatic heterocycles. The molecule has 1 amide bonds. The molecule has 7 nitrogen and oxygen atoms in total. The van der Waals surface area contributed by atoms with Crippen LogP contribution in [-0.4, -0.2) is 40.6 Å². The molecule has 2 aliphatic rings. The summed E-state index contributed by atoms with van der Waals surface area (Å²) in [4.78, 5) is 24.3. The van der Waals surface area contributed by atoms with Crippen molar-refractivity contribution in [3.63, 3.8) is 0 Å². The highest BCUT2D eigenvalue weighted by atomic mass is 16.6. The van der Waals surface area contributed by atoms with Crippen LogP contribution in [0.4, 0.5) is 4.79 Å². The van der Waals surface area contributed by atoms with E-state index in [9.17, 15) is 14.9 Å². The Morgan fingerprint density at radius 1 is 1.42 bits per heavy atom. The molecule has 7 heteroatoms. The van der Waals surface area contributed by atoms with Gasteiger partial charge in [0.05, 0.1) is 11.3 Å². The number of carbonyl (C=O) groups excluding carboxylic acids is 1. The molecule has 1 N–H and O–H groups in total. The molecule has 0 aromatic rings. The van der Waals surface area contributed by atoms with Crippen molar-refractivity contribution >= 4 is 6.09 Å². The van der Waals surface area contributed by atoms with Crippen LogP contribution < -0.4 is 5.32 Å². The SMILES string of the molecule is CC(C)(C)OC(=O)N1CCC(N/C2=C/C/C([N+](=O)[O-])=C\C=CC2)C1. The molecule has 1 atom stereocenters. The van der Waals surface area contributed by atoms with Gasteiger partial charge in [-0.2, -0.15) is 0 Å². The molecule has 0 aromatic heterocycles. The molecule has 0 radical (unpaired) electrons. The topological polar surface area (TPSA) is 84.7 Å². The zero-order valence-corrected chi connectivity index (χ0v) is 14.4. The smallest absolute Gasteiger partial charge is 0.410 e. The first-order valence-electron chi connectivity index (χ1n) is 8.18. The van der Waals surface area contributed by atoms with Gasteiger partial charge >= 0.3 is 6.09 Å². The Balaban J connectivity index is 1.90. The van der Waals surface area contributed by atoms with Crippen LogP contribution in [0.3, 0.4) is 0 Å². The molecule has 2 rings (SSSR count). The number of nitrogens with one attached hydrogen (secondary N) is 1. The monoisotopic (exact) mass is 335 g/mol. The molecule has 1 heterocycles. The van der Waals surface area contributed by atoms with Gasteiger partial charge in [-0.05, 0) is 27.2 Å².